The molecule has 0 bridgehead atoms. The molecule has 0 aromatic rings. The van der Waals surface area contributed by atoms with Crippen molar-refractivity contribution < 1.29 is 14.3 Å². The van der Waals surface area contributed by atoms with Gasteiger partial charge in [0.05, 0.1) is 18.8 Å². The van der Waals surface area contributed by atoms with Crippen LogP contribution >= 0.6 is 0 Å². The number of hydrogen-bond donors (Lipinski definition) is 2. The second-order valence-electron chi connectivity index (χ2n) is 4.29. The number of primary amides is 1. The normalized spacial score (nSPS) is 14.5. The highest BCUT2D eigenvalue weighted by molar-refractivity contribution is 5.84. The van der Waals surface area contributed by atoms with E-state index in [1.54, 1.807) is 7.11 Å². The number of carbonyl (C=O) groups is 1. The molecule has 102 valence electrons. The van der Waals surface area contributed by atoms with Crippen LogP contribution < -0.4 is 11.1 Å². The van der Waals surface area contributed by atoms with Gasteiger partial charge in [0.1, 0.15) is 0 Å². The number of rotatable bonds is 11. The molecule has 0 radical (unpaired) electrons. The van der Waals surface area contributed by atoms with Crippen LogP contribution in [-0.4, -0.2) is 44.9 Å². The van der Waals surface area contributed by atoms with Gasteiger partial charge in [0.15, 0.2) is 0 Å². The lowest BCUT2D eigenvalue weighted by Crippen LogP contribution is -2.52. The van der Waals surface area contributed by atoms with Crippen LogP contribution in [0.15, 0.2) is 0 Å². The molecule has 0 heterocycles. The first-order valence-electron chi connectivity index (χ1n) is 6.18. The summed E-state index contributed by atoms with van der Waals surface area (Å²) in [6.45, 7) is 6.50. The number of ether oxygens (including phenoxy) is 2. The summed E-state index contributed by atoms with van der Waals surface area (Å²) in [6, 6.07) is 0. The van der Waals surface area contributed by atoms with Crippen molar-refractivity contribution in [2.45, 2.75) is 38.6 Å². The average molecular weight is 246 g/mol. The zero-order valence-electron chi connectivity index (χ0n) is 11.3. The molecule has 3 N–H and O–H groups in total. The van der Waals surface area contributed by atoms with E-state index < -0.39 is 5.54 Å². The Balaban J connectivity index is 3.65. The van der Waals surface area contributed by atoms with Gasteiger partial charge in [-0.15, -0.1) is 0 Å². The Hall–Kier alpha value is -0.650. The van der Waals surface area contributed by atoms with Crippen molar-refractivity contribution in [3.63, 3.8) is 0 Å². The van der Waals surface area contributed by atoms with Crippen LogP contribution in [0.3, 0.4) is 0 Å². The van der Waals surface area contributed by atoms with Gasteiger partial charge < -0.3 is 20.5 Å². The number of likely N-dealkylation sites (N-methyl/N-ethyl adjacent to an activating group) is 1. The van der Waals surface area contributed by atoms with Crippen molar-refractivity contribution in [2.24, 2.45) is 5.73 Å². The third kappa shape index (κ3) is 7.31. The van der Waals surface area contributed by atoms with E-state index in [2.05, 4.69) is 5.32 Å². The first-order chi connectivity index (χ1) is 8.06. The molecule has 0 saturated carbocycles. The summed E-state index contributed by atoms with van der Waals surface area (Å²) in [5.74, 6) is -0.292. The standard InChI is InChI=1S/C12H26N2O3/c1-4-14-12(2,11(13)15)7-5-6-8-17-10-9-16-3/h14H,4-10H2,1-3H3,(H2,13,15). The van der Waals surface area contributed by atoms with Gasteiger partial charge in [-0.3, -0.25) is 4.79 Å². The molecule has 0 aliphatic rings. The van der Waals surface area contributed by atoms with Gasteiger partial charge in [-0.2, -0.15) is 0 Å². The van der Waals surface area contributed by atoms with Crippen LogP contribution in [0.1, 0.15) is 33.1 Å². The molecule has 0 aromatic carbocycles. The van der Waals surface area contributed by atoms with Crippen molar-refractivity contribution in [3.05, 3.63) is 0 Å². The fourth-order valence-corrected chi connectivity index (χ4v) is 1.62. The molecule has 0 spiro atoms. The quantitative estimate of drug-likeness (QED) is 0.526. The molecule has 1 amide bonds. The monoisotopic (exact) mass is 246 g/mol. The first-order valence-corrected chi connectivity index (χ1v) is 6.18. The number of hydrogen-bond acceptors (Lipinski definition) is 4. The molecule has 1 atom stereocenters. The summed E-state index contributed by atoms with van der Waals surface area (Å²) in [5, 5.41) is 3.13. The lowest BCUT2D eigenvalue weighted by molar-refractivity contribution is -0.124. The number of amides is 1. The summed E-state index contributed by atoms with van der Waals surface area (Å²) in [6.07, 6.45) is 2.58. The van der Waals surface area contributed by atoms with Crippen molar-refractivity contribution >= 4 is 5.91 Å². The Bertz CT molecular complexity index is 212. The molecule has 5 nitrogen and oxygen atoms in total. The van der Waals surface area contributed by atoms with E-state index in [1.807, 2.05) is 13.8 Å². The number of nitrogens with two attached hydrogens (primary N) is 1. The Morgan fingerprint density at radius 1 is 1.29 bits per heavy atom. The van der Waals surface area contributed by atoms with Crippen molar-refractivity contribution in [3.8, 4) is 0 Å². The summed E-state index contributed by atoms with van der Waals surface area (Å²) < 4.78 is 10.2. The Kier molecular flexibility index (Phi) is 9.03. The minimum absolute atomic E-state index is 0.292. The fourth-order valence-electron chi connectivity index (χ4n) is 1.62. The molecule has 0 saturated heterocycles. The maximum absolute atomic E-state index is 11.3. The second-order valence-corrected chi connectivity index (χ2v) is 4.29. The SMILES string of the molecule is CCNC(C)(CCCCOCCOC)C(N)=O. The molecular formula is C12H26N2O3. The number of carbonyl (C=O) groups excluding carboxylic acids is 1. The molecule has 0 aliphatic carbocycles. The van der Waals surface area contributed by atoms with E-state index in [0.29, 0.717) is 19.8 Å². The van der Waals surface area contributed by atoms with E-state index in [4.69, 9.17) is 15.2 Å². The highest BCUT2D eigenvalue weighted by atomic mass is 16.5. The van der Waals surface area contributed by atoms with Crippen LogP contribution in [0, 0.1) is 0 Å². The first kappa shape index (κ1) is 16.4. The van der Waals surface area contributed by atoms with E-state index in [0.717, 1.165) is 25.8 Å². The zero-order chi connectivity index (χ0) is 13.1. The predicted molar refractivity (Wildman–Crippen MR) is 67.8 cm³/mol. The molecule has 0 aliphatic heterocycles. The molecular weight excluding hydrogens is 220 g/mol. The molecule has 1 unspecified atom stereocenters. The van der Waals surface area contributed by atoms with Gasteiger partial charge in [-0.25, -0.2) is 0 Å². The molecule has 5 heteroatoms. The molecule has 0 aromatic heterocycles. The maximum atomic E-state index is 11.3. The van der Waals surface area contributed by atoms with E-state index >= 15 is 0 Å². The highest BCUT2D eigenvalue weighted by Crippen LogP contribution is 2.13. The van der Waals surface area contributed by atoms with Gasteiger partial charge in [-0.1, -0.05) is 6.92 Å². The molecule has 17 heavy (non-hydrogen) atoms. The van der Waals surface area contributed by atoms with E-state index in [9.17, 15) is 4.79 Å². The third-order valence-electron chi connectivity index (χ3n) is 2.76. The summed E-state index contributed by atoms with van der Waals surface area (Å²) in [7, 11) is 1.65. The fraction of sp³-hybridized carbons (Fsp3) is 0.917. The molecule has 0 fully saturated rings. The second kappa shape index (κ2) is 9.39. The lowest BCUT2D eigenvalue weighted by atomic mass is 9.94. The van der Waals surface area contributed by atoms with Crippen LogP contribution in [0.5, 0.6) is 0 Å². The van der Waals surface area contributed by atoms with Gasteiger partial charge in [0, 0.05) is 13.7 Å². The van der Waals surface area contributed by atoms with Crippen LogP contribution in [0.25, 0.3) is 0 Å². The van der Waals surface area contributed by atoms with Gasteiger partial charge in [0.2, 0.25) is 5.91 Å². The minimum Gasteiger partial charge on any atom is -0.382 e. The third-order valence-corrected chi connectivity index (χ3v) is 2.76. The summed E-state index contributed by atoms with van der Waals surface area (Å²) >= 11 is 0. The highest BCUT2D eigenvalue weighted by Gasteiger charge is 2.28. The largest absolute Gasteiger partial charge is 0.382 e. The summed E-state index contributed by atoms with van der Waals surface area (Å²) in [4.78, 5) is 11.3. The average Bonchev–Trinajstić information content (AvgIpc) is 2.28. The number of nitrogens with one attached hydrogen (secondary N) is 1. The number of unbranched alkanes of at least 4 members (excludes halogenated alkanes) is 1. The van der Waals surface area contributed by atoms with Crippen molar-refractivity contribution in [1.29, 1.82) is 0 Å². The van der Waals surface area contributed by atoms with Crippen LogP contribution in [0.2, 0.25) is 0 Å². The zero-order valence-corrected chi connectivity index (χ0v) is 11.3. The topological polar surface area (TPSA) is 73.6 Å². The summed E-state index contributed by atoms with van der Waals surface area (Å²) in [5.41, 5.74) is 4.79. The van der Waals surface area contributed by atoms with Crippen molar-refractivity contribution in [2.75, 3.05) is 33.5 Å². The maximum Gasteiger partial charge on any atom is 0.237 e. The van der Waals surface area contributed by atoms with Crippen LogP contribution in [-0.2, 0) is 14.3 Å². The Labute approximate surface area is 104 Å². The minimum atomic E-state index is -0.596. The lowest BCUT2D eigenvalue weighted by Gasteiger charge is -2.26. The van der Waals surface area contributed by atoms with Crippen LogP contribution in [0.4, 0.5) is 0 Å². The number of methoxy groups -OCH3 is 1. The van der Waals surface area contributed by atoms with Gasteiger partial charge in [-0.05, 0) is 32.7 Å². The Morgan fingerprint density at radius 3 is 2.53 bits per heavy atom. The van der Waals surface area contributed by atoms with E-state index in [-0.39, 0.29) is 5.91 Å². The molecule has 0 rings (SSSR count). The van der Waals surface area contributed by atoms with E-state index in [1.165, 1.54) is 0 Å². The van der Waals surface area contributed by atoms with Gasteiger partial charge in [0.25, 0.3) is 0 Å². The smallest absolute Gasteiger partial charge is 0.237 e. The Morgan fingerprint density at radius 2 is 2.00 bits per heavy atom. The predicted octanol–water partition coefficient (Wildman–Crippen LogP) is 0.673. The van der Waals surface area contributed by atoms with Crippen molar-refractivity contribution in [1.82, 2.24) is 5.32 Å². The van der Waals surface area contributed by atoms with Gasteiger partial charge >= 0.3 is 0 Å².